The molecule has 0 aromatic rings. The van der Waals surface area contributed by atoms with Crippen LogP contribution in [-0.4, -0.2) is 52.3 Å². The Balaban J connectivity index is 4.15. The minimum absolute atomic E-state index is 0.156. The van der Waals surface area contributed by atoms with Crippen LogP contribution in [0.25, 0.3) is 0 Å². The Morgan fingerprint density at radius 3 is 1.86 bits per heavy atom. The number of unbranched alkanes of at least 4 members (excludes halogenated alkanes) is 13. The number of esters is 2. The lowest BCUT2D eigenvalue weighted by atomic mass is 10.0. The molecule has 0 bridgehead atoms. The summed E-state index contributed by atoms with van der Waals surface area (Å²) in [6, 6.07) is 0. The maximum atomic E-state index is 12.3. The van der Waals surface area contributed by atoms with Gasteiger partial charge in [-0.05, 0) is 44.9 Å². The first-order valence-electron chi connectivity index (χ1n) is 18.7. The van der Waals surface area contributed by atoms with Crippen molar-refractivity contribution in [1.82, 2.24) is 0 Å². The van der Waals surface area contributed by atoms with Crippen LogP contribution in [0.3, 0.4) is 0 Å². The van der Waals surface area contributed by atoms with Crippen LogP contribution in [0.4, 0.5) is 0 Å². The van der Waals surface area contributed by atoms with Crippen molar-refractivity contribution in [2.45, 2.75) is 161 Å². The molecule has 0 saturated heterocycles. The van der Waals surface area contributed by atoms with Crippen molar-refractivity contribution >= 4 is 19.8 Å². The summed E-state index contributed by atoms with van der Waals surface area (Å²) in [6.45, 7) is 3.43. The highest BCUT2D eigenvalue weighted by Crippen LogP contribution is 2.36. The number of carbonyl (C=O) groups excluding carboxylic acids is 2. The standard InChI is InChI=1S/C39H67O9P/c1-3-5-7-9-11-12-13-14-15-16-21-25-29-33-39(42)48-37(35-47-49(43,44)45)34-46-38(41)32-28-24-20-18-17-19-23-27-31-36(40)30-26-22-10-8-6-4-2/h6,8,18-20,22-23,26-27,31,36-37,40H,3-5,7,9-17,21,24-25,28-30,32-35H2,1-2H3,(H2,43,44,45)/b8-6-,20-18-,23-19-,26-22-,31-27+/t36?,37-/m1/s1. The number of hydrogen-bond acceptors (Lipinski definition) is 7. The van der Waals surface area contributed by atoms with Crippen LogP contribution < -0.4 is 0 Å². The van der Waals surface area contributed by atoms with E-state index < -0.39 is 38.6 Å². The molecule has 0 amide bonds. The van der Waals surface area contributed by atoms with Gasteiger partial charge in [0, 0.05) is 12.8 Å². The smallest absolute Gasteiger partial charge is 0.462 e. The van der Waals surface area contributed by atoms with E-state index in [1.807, 2.05) is 42.5 Å². The van der Waals surface area contributed by atoms with E-state index >= 15 is 0 Å². The second-order valence-corrected chi connectivity index (χ2v) is 13.6. The van der Waals surface area contributed by atoms with Gasteiger partial charge in [0.1, 0.15) is 6.61 Å². The summed E-state index contributed by atoms with van der Waals surface area (Å²) in [5, 5.41) is 9.96. The van der Waals surface area contributed by atoms with E-state index in [1.165, 1.54) is 57.8 Å². The highest BCUT2D eigenvalue weighted by Gasteiger charge is 2.22. The van der Waals surface area contributed by atoms with Gasteiger partial charge >= 0.3 is 19.8 Å². The molecule has 0 aromatic heterocycles. The number of phosphoric ester groups is 1. The van der Waals surface area contributed by atoms with Crippen LogP contribution in [0.2, 0.25) is 0 Å². The number of allylic oxidation sites excluding steroid dienone is 8. The zero-order valence-electron chi connectivity index (χ0n) is 30.4. The number of phosphoric acid groups is 1. The Hall–Kier alpha value is -2.29. The van der Waals surface area contributed by atoms with Gasteiger partial charge in [-0.15, -0.1) is 0 Å². The van der Waals surface area contributed by atoms with Gasteiger partial charge in [-0.1, -0.05) is 152 Å². The molecule has 0 aliphatic heterocycles. The number of aliphatic hydroxyl groups is 1. The molecular weight excluding hydrogens is 643 g/mol. The Morgan fingerprint density at radius 1 is 0.653 bits per heavy atom. The first-order valence-corrected chi connectivity index (χ1v) is 20.2. The van der Waals surface area contributed by atoms with E-state index in [2.05, 4.69) is 30.5 Å². The van der Waals surface area contributed by atoms with Crippen LogP contribution in [0.1, 0.15) is 149 Å². The summed E-state index contributed by atoms with van der Waals surface area (Å²) >= 11 is 0. The van der Waals surface area contributed by atoms with Crippen molar-refractivity contribution < 1.29 is 43.0 Å². The van der Waals surface area contributed by atoms with Crippen molar-refractivity contribution in [3.05, 3.63) is 60.8 Å². The third kappa shape index (κ3) is 36.8. The van der Waals surface area contributed by atoms with Crippen LogP contribution in [0.15, 0.2) is 60.8 Å². The molecule has 282 valence electrons. The van der Waals surface area contributed by atoms with E-state index in [-0.39, 0.29) is 19.4 Å². The molecule has 9 nitrogen and oxygen atoms in total. The Bertz CT molecular complexity index is 996. The summed E-state index contributed by atoms with van der Waals surface area (Å²) in [7, 11) is -4.78. The monoisotopic (exact) mass is 710 g/mol. The number of carbonyl (C=O) groups is 2. The van der Waals surface area contributed by atoms with E-state index in [0.717, 1.165) is 38.5 Å². The summed E-state index contributed by atoms with van der Waals surface area (Å²) < 4.78 is 26.2. The van der Waals surface area contributed by atoms with Gasteiger partial charge in [0.05, 0.1) is 12.7 Å². The molecule has 0 aliphatic carbocycles. The van der Waals surface area contributed by atoms with E-state index in [1.54, 1.807) is 6.08 Å². The van der Waals surface area contributed by atoms with Crippen LogP contribution in [-0.2, 0) is 28.2 Å². The van der Waals surface area contributed by atoms with E-state index in [4.69, 9.17) is 19.3 Å². The van der Waals surface area contributed by atoms with Gasteiger partial charge < -0.3 is 24.4 Å². The molecule has 2 atom stereocenters. The normalized spacial score (nSPS) is 13.8. The SMILES string of the molecule is CC/C=C\C/C=C\CC(O)/C=C/C=C\C/C=C\CCCC(=O)OC[C@H](COP(=O)(O)O)OC(=O)CCCCCCCCCCCCCCC. The molecule has 0 saturated carbocycles. The largest absolute Gasteiger partial charge is 0.469 e. The van der Waals surface area contributed by atoms with Crippen molar-refractivity contribution in [2.75, 3.05) is 13.2 Å². The first kappa shape index (κ1) is 46.7. The van der Waals surface area contributed by atoms with E-state index in [9.17, 15) is 19.3 Å². The van der Waals surface area contributed by atoms with Crippen LogP contribution in [0.5, 0.6) is 0 Å². The molecule has 0 spiro atoms. The predicted octanol–water partition coefficient (Wildman–Crippen LogP) is 9.92. The fourth-order valence-corrected chi connectivity index (χ4v) is 5.21. The van der Waals surface area contributed by atoms with Gasteiger partial charge in [0.2, 0.25) is 0 Å². The Morgan fingerprint density at radius 2 is 1.22 bits per heavy atom. The van der Waals surface area contributed by atoms with Crippen molar-refractivity contribution in [3.63, 3.8) is 0 Å². The van der Waals surface area contributed by atoms with Gasteiger partial charge in [0.15, 0.2) is 6.10 Å². The molecule has 0 rings (SSSR count). The lowest BCUT2D eigenvalue weighted by molar-refractivity contribution is -0.161. The molecule has 0 heterocycles. The molecule has 49 heavy (non-hydrogen) atoms. The Kier molecular flexibility index (Phi) is 32.6. The second kappa shape index (κ2) is 34.2. The molecule has 0 fully saturated rings. The molecule has 0 aliphatic rings. The summed E-state index contributed by atoms with van der Waals surface area (Å²) in [5.74, 6) is -0.995. The van der Waals surface area contributed by atoms with Crippen LogP contribution >= 0.6 is 7.82 Å². The second-order valence-electron chi connectivity index (χ2n) is 12.4. The molecule has 10 heteroatoms. The minimum atomic E-state index is -4.78. The van der Waals surface area contributed by atoms with Gasteiger partial charge in [-0.3, -0.25) is 14.1 Å². The quantitative estimate of drug-likeness (QED) is 0.0200. The van der Waals surface area contributed by atoms with Crippen LogP contribution in [0, 0.1) is 0 Å². The molecule has 3 N–H and O–H groups in total. The number of hydrogen-bond donors (Lipinski definition) is 3. The first-order chi connectivity index (χ1) is 23.7. The summed E-state index contributed by atoms with van der Waals surface area (Å²) in [4.78, 5) is 42.6. The third-order valence-electron chi connectivity index (χ3n) is 7.63. The topological polar surface area (TPSA) is 140 Å². The maximum absolute atomic E-state index is 12.3. The zero-order valence-corrected chi connectivity index (χ0v) is 31.3. The lowest BCUT2D eigenvalue weighted by Crippen LogP contribution is -2.29. The maximum Gasteiger partial charge on any atom is 0.469 e. The highest BCUT2D eigenvalue weighted by atomic mass is 31.2. The number of ether oxygens (including phenoxy) is 2. The number of rotatable bonds is 33. The molecule has 1 unspecified atom stereocenters. The summed E-state index contributed by atoms with van der Waals surface area (Å²) in [6.07, 6.45) is 38.3. The summed E-state index contributed by atoms with van der Waals surface area (Å²) in [5.41, 5.74) is 0. The fraction of sp³-hybridized carbons (Fsp3) is 0.692. The molecular formula is C39H67O9P. The zero-order chi connectivity index (χ0) is 36.3. The molecule has 0 radical (unpaired) electrons. The van der Waals surface area contributed by atoms with Crippen molar-refractivity contribution in [2.24, 2.45) is 0 Å². The average molecular weight is 711 g/mol. The minimum Gasteiger partial charge on any atom is -0.462 e. The van der Waals surface area contributed by atoms with Crippen molar-refractivity contribution in [1.29, 1.82) is 0 Å². The van der Waals surface area contributed by atoms with Gasteiger partial charge in [-0.25, -0.2) is 4.57 Å². The average Bonchev–Trinajstić information content (AvgIpc) is 3.06. The Labute approximate surface area is 297 Å². The predicted molar refractivity (Wildman–Crippen MR) is 199 cm³/mol. The van der Waals surface area contributed by atoms with Crippen molar-refractivity contribution in [3.8, 4) is 0 Å². The van der Waals surface area contributed by atoms with E-state index in [0.29, 0.717) is 25.7 Å². The highest BCUT2D eigenvalue weighted by molar-refractivity contribution is 7.46. The lowest BCUT2D eigenvalue weighted by Gasteiger charge is -2.18. The fourth-order valence-electron chi connectivity index (χ4n) is 4.84. The van der Waals surface area contributed by atoms with Gasteiger partial charge in [0.25, 0.3) is 0 Å². The molecule has 0 aromatic carbocycles. The third-order valence-corrected chi connectivity index (χ3v) is 8.12. The number of aliphatic hydroxyl groups excluding tert-OH is 1. The van der Waals surface area contributed by atoms with Gasteiger partial charge in [-0.2, -0.15) is 0 Å².